The Morgan fingerprint density at radius 3 is 2.07 bits per heavy atom. The molecule has 0 heterocycles. The molecule has 1 atom stereocenters. The summed E-state index contributed by atoms with van der Waals surface area (Å²) in [6.07, 6.45) is 5.07. The Kier molecular flexibility index (Phi) is 19.5. The van der Waals surface area contributed by atoms with Crippen molar-refractivity contribution < 1.29 is 9.59 Å². The van der Waals surface area contributed by atoms with Gasteiger partial charge in [0.2, 0.25) is 5.91 Å². The molecule has 0 aliphatic heterocycles. The Balaban J connectivity index is 0. The normalized spacial score (nSPS) is 10.6. The predicted molar refractivity (Wildman–Crippen MR) is 117 cm³/mol. The minimum Gasteiger partial charge on any atom is -0.356 e. The maximum atomic E-state index is 11.8. The highest BCUT2D eigenvalue weighted by atomic mass is 16.1. The average Bonchev–Trinajstić information content (AvgIpc) is 2.69. The number of likely N-dealkylation sites (N-methyl/N-ethyl adjacent to an activating group) is 1. The smallest absolute Gasteiger partial charge is 0.220 e. The second-order valence-corrected chi connectivity index (χ2v) is 6.14. The third-order valence-corrected chi connectivity index (χ3v) is 4.07. The molecule has 0 aliphatic rings. The van der Waals surface area contributed by atoms with Gasteiger partial charge in [0.15, 0.2) is 0 Å². The number of benzene rings is 1. The summed E-state index contributed by atoms with van der Waals surface area (Å²) in [6, 6.07) is 8.41. The summed E-state index contributed by atoms with van der Waals surface area (Å²) in [4.78, 5) is 23.0. The topological polar surface area (TPSA) is 58.2 Å². The summed E-state index contributed by atoms with van der Waals surface area (Å²) < 4.78 is 0. The molecule has 0 saturated carbocycles. The fourth-order valence-corrected chi connectivity index (χ4v) is 2.55. The molecule has 4 nitrogen and oxygen atoms in total. The number of unbranched alkanes of at least 4 members (excludes halogenated alkanes) is 1. The number of carbonyl (C=O) groups excluding carboxylic acids is 2. The number of aryl methyl sites for hydroxylation is 2. The fraction of sp³-hybridized carbons (Fsp3) is 0.652. The highest BCUT2D eigenvalue weighted by molar-refractivity contribution is 5.81. The van der Waals surface area contributed by atoms with Crippen LogP contribution in [0.15, 0.2) is 24.3 Å². The van der Waals surface area contributed by atoms with Gasteiger partial charge >= 0.3 is 0 Å². The van der Waals surface area contributed by atoms with Gasteiger partial charge in [-0.05, 0) is 58.6 Å². The van der Waals surface area contributed by atoms with Gasteiger partial charge in [-0.2, -0.15) is 0 Å². The van der Waals surface area contributed by atoms with Crippen LogP contribution in [0.5, 0.6) is 0 Å². The molecule has 0 aliphatic carbocycles. The summed E-state index contributed by atoms with van der Waals surface area (Å²) >= 11 is 0. The second kappa shape index (κ2) is 19.1. The first-order chi connectivity index (χ1) is 13.0. The lowest BCUT2D eigenvalue weighted by molar-refractivity contribution is -0.121. The van der Waals surface area contributed by atoms with Crippen LogP contribution in [0.1, 0.15) is 77.8 Å². The molecule has 27 heavy (non-hydrogen) atoms. The maximum Gasteiger partial charge on any atom is 0.220 e. The summed E-state index contributed by atoms with van der Waals surface area (Å²) in [5.74, 6) is 0.293. The molecule has 0 aromatic heterocycles. The number of Topliss-reactive ketones (excluding diaryl/α,β-unsaturated/α-hetero) is 1. The Labute approximate surface area is 167 Å². The highest BCUT2D eigenvalue weighted by Gasteiger charge is 2.10. The van der Waals surface area contributed by atoms with E-state index in [0.717, 1.165) is 32.1 Å². The highest BCUT2D eigenvalue weighted by Crippen LogP contribution is 2.07. The summed E-state index contributed by atoms with van der Waals surface area (Å²) in [5, 5.41) is 5.97. The first-order valence-electron chi connectivity index (χ1n) is 10.5. The van der Waals surface area contributed by atoms with Crippen LogP contribution in [-0.4, -0.2) is 31.3 Å². The largest absolute Gasteiger partial charge is 0.356 e. The molecule has 1 aromatic rings. The minimum absolute atomic E-state index is 0.0554. The SMILES string of the molecule is CC.CC.CNC(CCCCNC(=O)CCCc1ccc(C)cc1)C(C)=O. The van der Waals surface area contributed by atoms with E-state index in [1.807, 2.05) is 34.7 Å². The summed E-state index contributed by atoms with van der Waals surface area (Å²) in [5.41, 5.74) is 2.54. The van der Waals surface area contributed by atoms with E-state index < -0.39 is 0 Å². The predicted octanol–water partition coefficient (Wildman–Crippen LogP) is 4.83. The number of nitrogens with one attached hydrogen (secondary N) is 2. The van der Waals surface area contributed by atoms with E-state index in [2.05, 4.69) is 41.8 Å². The van der Waals surface area contributed by atoms with E-state index in [1.165, 1.54) is 11.1 Å². The zero-order valence-electron chi connectivity index (χ0n) is 18.7. The monoisotopic (exact) mass is 378 g/mol. The van der Waals surface area contributed by atoms with Crippen molar-refractivity contribution in [2.45, 2.75) is 86.1 Å². The van der Waals surface area contributed by atoms with Gasteiger partial charge in [-0.15, -0.1) is 0 Å². The lowest BCUT2D eigenvalue weighted by Crippen LogP contribution is -2.32. The van der Waals surface area contributed by atoms with E-state index in [4.69, 9.17) is 0 Å². The van der Waals surface area contributed by atoms with Crippen LogP contribution in [0.25, 0.3) is 0 Å². The number of hydrogen-bond acceptors (Lipinski definition) is 3. The molecular weight excluding hydrogens is 336 g/mol. The van der Waals surface area contributed by atoms with E-state index >= 15 is 0 Å². The minimum atomic E-state index is -0.0554. The van der Waals surface area contributed by atoms with Crippen molar-refractivity contribution in [3.63, 3.8) is 0 Å². The van der Waals surface area contributed by atoms with Crippen LogP contribution in [0.3, 0.4) is 0 Å². The van der Waals surface area contributed by atoms with Gasteiger partial charge in [0.05, 0.1) is 6.04 Å². The average molecular weight is 379 g/mol. The maximum absolute atomic E-state index is 11.8. The molecule has 1 rings (SSSR count). The van der Waals surface area contributed by atoms with E-state index in [9.17, 15) is 9.59 Å². The van der Waals surface area contributed by atoms with E-state index in [-0.39, 0.29) is 17.7 Å². The number of ketones is 1. The van der Waals surface area contributed by atoms with Crippen molar-refractivity contribution >= 4 is 11.7 Å². The van der Waals surface area contributed by atoms with Crippen molar-refractivity contribution in [3.8, 4) is 0 Å². The van der Waals surface area contributed by atoms with Crippen molar-refractivity contribution in [1.82, 2.24) is 10.6 Å². The van der Waals surface area contributed by atoms with Crippen LogP contribution in [0.2, 0.25) is 0 Å². The number of hydrogen-bond donors (Lipinski definition) is 2. The zero-order valence-corrected chi connectivity index (χ0v) is 18.7. The van der Waals surface area contributed by atoms with Gasteiger partial charge in [-0.1, -0.05) is 57.5 Å². The molecule has 0 fully saturated rings. The molecular formula is C23H42N2O2. The second-order valence-electron chi connectivity index (χ2n) is 6.14. The van der Waals surface area contributed by atoms with Gasteiger partial charge in [0, 0.05) is 13.0 Å². The van der Waals surface area contributed by atoms with Gasteiger partial charge in [-0.25, -0.2) is 0 Å². The van der Waals surface area contributed by atoms with E-state index in [1.54, 1.807) is 6.92 Å². The third-order valence-electron chi connectivity index (χ3n) is 4.07. The Hall–Kier alpha value is -1.68. The van der Waals surface area contributed by atoms with Gasteiger partial charge in [-0.3, -0.25) is 9.59 Å². The molecule has 156 valence electrons. The van der Waals surface area contributed by atoms with Gasteiger partial charge < -0.3 is 10.6 Å². The molecule has 0 spiro atoms. The fourth-order valence-electron chi connectivity index (χ4n) is 2.55. The molecule has 1 amide bonds. The Bertz CT molecular complexity index is 484. The van der Waals surface area contributed by atoms with Crippen LogP contribution < -0.4 is 10.6 Å². The lowest BCUT2D eigenvalue weighted by atomic mass is 10.1. The van der Waals surface area contributed by atoms with Gasteiger partial charge in [0.25, 0.3) is 0 Å². The quantitative estimate of drug-likeness (QED) is 0.542. The van der Waals surface area contributed by atoms with Crippen molar-refractivity contribution in [2.24, 2.45) is 0 Å². The molecule has 1 unspecified atom stereocenters. The number of carbonyl (C=O) groups is 2. The first kappa shape index (κ1) is 27.5. The van der Waals surface area contributed by atoms with Crippen LogP contribution in [-0.2, 0) is 16.0 Å². The standard InChI is InChI=1S/C19H30N2O2.2C2H6/c1-15-10-12-17(13-11-15)7-6-9-19(23)21-14-5-4-8-18(20-3)16(2)22;2*1-2/h10-13,18,20H,4-9,14H2,1-3H3,(H,21,23);2*1-2H3. The zero-order chi connectivity index (χ0) is 21.1. The molecule has 0 saturated heterocycles. The van der Waals surface area contributed by atoms with Crippen LogP contribution >= 0.6 is 0 Å². The van der Waals surface area contributed by atoms with Crippen molar-refractivity contribution in [1.29, 1.82) is 0 Å². The molecule has 0 radical (unpaired) electrons. The van der Waals surface area contributed by atoms with Crippen LogP contribution in [0.4, 0.5) is 0 Å². The van der Waals surface area contributed by atoms with E-state index in [0.29, 0.717) is 13.0 Å². The van der Waals surface area contributed by atoms with Crippen molar-refractivity contribution in [2.75, 3.05) is 13.6 Å². The number of rotatable bonds is 11. The number of amides is 1. The molecule has 2 N–H and O–H groups in total. The summed E-state index contributed by atoms with van der Waals surface area (Å²) in [7, 11) is 1.81. The third kappa shape index (κ3) is 15.1. The van der Waals surface area contributed by atoms with Crippen molar-refractivity contribution in [3.05, 3.63) is 35.4 Å². The molecule has 4 heteroatoms. The van der Waals surface area contributed by atoms with Gasteiger partial charge in [0.1, 0.15) is 5.78 Å². The Morgan fingerprint density at radius 1 is 0.963 bits per heavy atom. The Morgan fingerprint density at radius 2 is 1.56 bits per heavy atom. The van der Waals surface area contributed by atoms with Crippen LogP contribution in [0, 0.1) is 6.92 Å². The summed E-state index contributed by atoms with van der Waals surface area (Å²) in [6.45, 7) is 12.4. The molecule has 1 aromatic carbocycles. The lowest BCUT2D eigenvalue weighted by Gasteiger charge is -2.12. The molecule has 0 bridgehead atoms. The first-order valence-corrected chi connectivity index (χ1v) is 10.5.